The summed E-state index contributed by atoms with van der Waals surface area (Å²) >= 11 is 1.65. The Morgan fingerprint density at radius 2 is 2.00 bits per heavy atom. The van der Waals surface area contributed by atoms with E-state index in [-0.39, 0.29) is 6.10 Å². The van der Waals surface area contributed by atoms with E-state index in [4.69, 9.17) is 4.74 Å². The third kappa shape index (κ3) is 4.94. The van der Waals surface area contributed by atoms with Crippen molar-refractivity contribution in [3.63, 3.8) is 0 Å². The smallest absolute Gasteiger partial charge is 0.159 e. The number of rotatable bonds is 6. The van der Waals surface area contributed by atoms with Crippen molar-refractivity contribution in [1.82, 2.24) is 0 Å². The Morgan fingerprint density at radius 3 is 2.62 bits per heavy atom. The van der Waals surface area contributed by atoms with Crippen molar-refractivity contribution >= 4 is 11.8 Å². The number of hydrogen-bond acceptors (Lipinski definition) is 2. The Kier molecular flexibility index (Phi) is 5.77. The molecule has 0 unspecified atom stereocenters. The third-order valence-corrected chi connectivity index (χ3v) is 2.92. The summed E-state index contributed by atoms with van der Waals surface area (Å²) in [6, 6.07) is 4.01. The van der Waals surface area contributed by atoms with Gasteiger partial charge < -0.3 is 4.74 Å². The molecule has 0 amide bonds. The van der Waals surface area contributed by atoms with Crippen molar-refractivity contribution < 1.29 is 13.5 Å². The summed E-state index contributed by atoms with van der Waals surface area (Å²) in [5.41, 5.74) is 0.799. The molecule has 0 heterocycles. The number of thioether (sulfide) groups is 1. The van der Waals surface area contributed by atoms with E-state index in [1.807, 2.05) is 13.8 Å². The molecular formula is C12H16F2OS. The molecule has 1 rings (SSSR count). The first-order valence-corrected chi connectivity index (χ1v) is 6.38. The minimum atomic E-state index is -0.795. The van der Waals surface area contributed by atoms with E-state index in [0.29, 0.717) is 12.4 Å². The van der Waals surface area contributed by atoms with Crippen LogP contribution in [0.5, 0.6) is 0 Å². The number of halogens is 2. The summed E-state index contributed by atoms with van der Waals surface area (Å²) < 4.78 is 30.8. The molecule has 0 aromatic heterocycles. The average molecular weight is 246 g/mol. The minimum absolute atomic E-state index is 0.240. The molecule has 0 radical (unpaired) electrons. The highest BCUT2D eigenvalue weighted by molar-refractivity contribution is 7.98. The maximum absolute atomic E-state index is 12.9. The van der Waals surface area contributed by atoms with E-state index in [1.54, 1.807) is 17.8 Å². The molecule has 0 saturated carbocycles. The van der Waals surface area contributed by atoms with Gasteiger partial charge in [0.2, 0.25) is 0 Å². The molecule has 4 heteroatoms. The van der Waals surface area contributed by atoms with Crippen LogP contribution >= 0.6 is 11.8 Å². The van der Waals surface area contributed by atoms with Gasteiger partial charge in [0.15, 0.2) is 11.6 Å². The van der Waals surface area contributed by atoms with E-state index in [9.17, 15) is 8.78 Å². The van der Waals surface area contributed by atoms with Crippen molar-refractivity contribution in [3.8, 4) is 0 Å². The SMILES string of the molecule is CC(C)OCCSCc1ccc(F)c(F)c1. The molecule has 0 fully saturated rings. The molecule has 0 aliphatic rings. The lowest BCUT2D eigenvalue weighted by Crippen LogP contribution is -2.05. The van der Waals surface area contributed by atoms with Crippen LogP contribution in [0.4, 0.5) is 8.78 Å². The summed E-state index contributed by atoms with van der Waals surface area (Å²) in [4.78, 5) is 0. The second-order valence-electron chi connectivity index (χ2n) is 3.72. The predicted molar refractivity (Wildman–Crippen MR) is 63.6 cm³/mol. The molecule has 0 N–H and O–H groups in total. The quantitative estimate of drug-likeness (QED) is 0.709. The van der Waals surface area contributed by atoms with Crippen LogP contribution in [0.2, 0.25) is 0 Å². The van der Waals surface area contributed by atoms with Crippen molar-refractivity contribution in [2.45, 2.75) is 25.7 Å². The van der Waals surface area contributed by atoms with Crippen LogP contribution in [0.1, 0.15) is 19.4 Å². The molecule has 0 atom stereocenters. The highest BCUT2D eigenvalue weighted by Crippen LogP contribution is 2.15. The molecule has 1 nitrogen and oxygen atoms in total. The lowest BCUT2D eigenvalue weighted by Gasteiger charge is -2.07. The monoisotopic (exact) mass is 246 g/mol. The highest BCUT2D eigenvalue weighted by atomic mass is 32.2. The lowest BCUT2D eigenvalue weighted by molar-refractivity contribution is 0.0920. The molecule has 1 aromatic carbocycles. The van der Waals surface area contributed by atoms with Gasteiger partial charge >= 0.3 is 0 Å². The third-order valence-electron chi connectivity index (χ3n) is 1.93. The number of ether oxygens (including phenoxy) is 1. The van der Waals surface area contributed by atoms with Gasteiger partial charge in [-0.3, -0.25) is 0 Å². The Morgan fingerprint density at radius 1 is 1.25 bits per heavy atom. The molecule has 0 saturated heterocycles. The van der Waals surface area contributed by atoms with Gasteiger partial charge in [-0.2, -0.15) is 11.8 Å². The van der Waals surface area contributed by atoms with Crippen molar-refractivity contribution in [2.24, 2.45) is 0 Å². The lowest BCUT2D eigenvalue weighted by atomic mass is 10.2. The van der Waals surface area contributed by atoms with E-state index in [1.165, 1.54) is 6.07 Å². The summed E-state index contributed by atoms with van der Waals surface area (Å²) in [6.45, 7) is 4.66. The largest absolute Gasteiger partial charge is 0.378 e. The zero-order valence-corrected chi connectivity index (χ0v) is 10.3. The van der Waals surface area contributed by atoms with E-state index >= 15 is 0 Å². The van der Waals surface area contributed by atoms with Crippen LogP contribution in [0.15, 0.2) is 18.2 Å². The highest BCUT2D eigenvalue weighted by Gasteiger charge is 2.02. The van der Waals surface area contributed by atoms with Gasteiger partial charge in [0.05, 0.1) is 12.7 Å². The van der Waals surface area contributed by atoms with E-state index in [0.717, 1.165) is 17.4 Å². The maximum Gasteiger partial charge on any atom is 0.159 e. The zero-order valence-electron chi connectivity index (χ0n) is 9.50. The van der Waals surface area contributed by atoms with E-state index < -0.39 is 11.6 Å². The van der Waals surface area contributed by atoms with Crippen LogP contribution in [-0.2, 0) is 10.5 Å². The second-order valence-corrected chi connectivity index (χ2v) is 4.83. The summed E-state index contributed by atoms with van der Waals surface area (Å²) in [7, 11) is 0. The van der Waals surface area contributed by atoms with Gasteiger partial charge in [0.25, 0.3) is 0 Å². The molecule has 0 spiro atoms. The Hall–Kier alpha value is -0.610. The Labute approximate surface area is 99.2 Å². The van der Waals surface area contributed by atoms with Gasteiger partial charge in [0, 0.05) is 11.5 Å². The average Bonchev–Trinajstić information content (AvgIpc) is 2.22. The van der Waals surface area contributed by atoms with Gasteiger partial charge in [-0.15, -0.1) is 0 Å². The minimum Gasteiger partial charge on any atom is -0.378 e. The van der Waals surface area contributed by atoms with Crippen molar-refractivity contribution in [2.75, 3.05) is 12.4 Å². The van der Waals surface area contributed by atoms with Gasteiger partial charge in [-0.1, -0.05) is 6.07 Å². The van der Waals surface area contributed by atoms with Crippen LogP contribution < -0.4 is 0 Å². The van der Waals surface area contributed by atoms with Crippen LogP contribution in [-0.4, -0.2) is 18.5 Å². The fourth-order valence-corrected chi connectivity index (χ4v) is 1.94. The summed E-state index contributed by atoms with van der Waals surface area (Å²) in [5.74, 6) is -0.0380. The topological polar surface area (TPSA) is 9.23 Å². The number of benzene rings is 1. The van der Waals surface area contributed by atoms with Gasteiger partial charge in [-0.25, -0.2) is 8.78 Å². The molecule has 0 bridgehead atoms. The normalized spacial score (nSPS) is 11.1. The first kappa shape index (κ1) is 13.5. The van der Waals surface area contributed by atoms with Crippen LogP contribution in [0.25, 0.3) is 0 Å². The first-order valence-electron chi connectivity index (χ1n) is 5.23. The van der Waals surface area contributed by atoms with Crippen molar-refractivity contribution in [3.05, 3.63) is 35.4 Å². The predicted octanol–water partition coefficient (Wildman–Crippen LogP) is 3.62. The molecule has 0 aliphatic heterocycles. The molecule has 16 heavy (non-hydrogen) atoms. The Balaban J connectivity index is 2.24. The van der Waals surface area contributed by atoms with Gasteiger partial charge in [-0.05, 0) is 31.5 Å². The standard InChI is InChI=1S/C12H16F2OS/c1-9(2)15-5-6-16-8-10-3-4-11(13)12(14)7-10/h3-4,7,9H,5-6,8H2,1-2H3. The van der Waals surface area contributed by atoms with Crippen LogP contribution in [0, 0.1) is 11.6 Å². The van der Waals surface area contributed by atoms with Crippen LogP contribution in [0.3, 0.4) is 0 Å². The zero-order chi connectivity index (χ0) is 12.0. The first-order chi connectivity index (χ1) is 7.59. The fraction of sp³-hybridized carbons (Fsp3) is 0.500. The molecule has 0 aliphatic carbocycles. The van der Waals surface area contributed by atoms with E-state index in [2.05, 4.69) is 0 Å². The Bertz CT molecular complexity index is 329. The number of hydrogen-bond donors (Lipinski definition) is 0. The fourth-order valence-electron chi connectivity index (χ4n) is 1.16. The maximum atomic E-state index is 12.9. The van der Waals surface area contributed by atoms with Crippen molar-refractivity contribution in [1.29, 1.82) is 0 Å². The summed E-state index contributed by atoms with van der Waals surface area (Å²) in [5, 5.41) is 0. The molecular weight excluding hydrogens is 230 g/mol. The second kappa shape index (κ2) is 6.86. The molecule has 90 valence electrons. The molecule has 1 aromatic rings. The summed E-state index contributed by atoms with van der Waals surface area (Å²) in [6.07, 6.45) is 0.240. The van der Waals surface area contributed by atoms with Gasteiger partial charge in [0.1, 0.15) is 0 Å².